The van der Waals surface area contributed by atoms with Crippen molar-refractivity contribution in [2.75, 3.05) is 4.90 Å². The second-order valence-electron chi connectivity index (χ2n) is 13.6. The molecule has 0 saturated carbocycles. The normalized spacial score (nSPS) is 11.7. The first-order chi connectivity index (χ1) is 26.8. The van der Waals surface area contributed by atoms with Gasteiger partial charge < -0.3 is 18.3 Å². The van der Waals surface area contributed by atoms with Crippen LogP contribution < -0.4 is 4.90 Å². The molecule has 11 aromatic rings. The molecule has 0 saturated heterocycles. The molecular formula is C49H31N3O2. The predicted molar refractivity (Wildman–Crippen MR) is 221 cm³/mol. The third-order valence-corrected chi connectivity index (χ3v) is 10.4. The van der Waals surface area contributed by atoms with Crippen molar-refractivity contribution >= 4 is 71.9 Å². The van der Waals surface area contributed by atoms with Gasteiger partial charge in [0.25, 0.3) is 0 Å². The highest BCUT2D eigenvalue weighted by Crippen LogP contribution is 2.47. The standard InChI is InChI=1S/C49H31N3O2/c1-4-14-32(15-5-1)33-26-28-36(29-27-33)52(43-24-13-23-42-47(43)38-20-10-11-22-41(38)51(42)35-18-8-3-9-19-35)44-25-12-21-37-39-30-40-46(31-45(39)53-48(37)44)54-49(50-40)34-16-6-2-7-17-34/h1-31H. The van der Waals surface area contributed by atoms with E-state index in [1.807, 2.05) is 36.4 Å². The number of furan rings is 1. The Bertz CT molecular complexity index is 3140. The highest BCUT2D eigenvalue weighted by molar-refractivity contribution is 6.18. The van der Waals surface area contributed by atoms with E-state index < -0.39 is 0 Å². The zero-order chi connectivity index (χ0) is 35.6. The molecule has 0 aliphatic rings. The molecule has 0 bridgehead atoms. The molecule has 0 aliphatic carbocycles. The second-order valence-corrected chi connectivity index (χ2v) is 13.6. The number of oxazole rings is 1. The molecule has 0 radical (unpaired) electrons. The van der Waals surface area contributed by atoms with E-state index >= 15 is 0 Å². The minimum Gasteiger partial charge on any atom is -0.454 e. The van der Waals surface area contributed by atoms with E-state index in [0.717, 1.165) is 77.8 Å². The van der Waals surface area contributed by atoms with Gasteiger partial charge in [-0.2, -0.15) is 0 Å². The molecule has 0 N–H and O–H groups in total. The molecule has 0 amide bonds. The predicted octanol–water partition coefficient (Wildman–Crippen LogP) is 13.6. The summed E-state index contributed by atoms with van der Waals surface area (Å²) < 4.78 is 15.5. The van der Waals surface area contributed by atoms with Crippen LogP contribution in [-0.2, 0) is 0 Å². The maximum atomic E-state index is 6.86. The molecule has 3 heterocycles. The van der Waals surface area contributed by atoms with E-state index in [1.165, 1.54) is 10.9 Å². The molecule has 0 unspecified atom stereocenters. The van der Waals surface area contributed by atoms with E-state index in [9.17, 15) is 0 Å². The number of para-hydroxylation sites is 3. The molecule has 5 heteroatoms. The SMILES string of the molecule is c1ccc(-c2ccc(N(c3cccc4c3oc3cc5oc(-c6ccccc6)nc5cc34)c3cccc4c3c3ccccc3n4-c3ccccc3)cc2)cc1. The van der Waals surface area contributed by atoms with E-state index in [1.54, 1.807) is 0 Å². The first-order valence-electron chi connectivity index (χ1n) is 18.1. The van der Waals surface area contributed by atoms with Gasteiger partial charge in [-0.15, -0.1) is 0 Å². The Morgan fingerprint density at radius 3 is 1.87 bits per heavy atom. The summed E-state index contributed by atoms with van der Waals surface area (Å²) in [4.78, 5) is 7.22. The number of benzene rings is 8. The number of hydrogen-bond acceptors (Lipinski definition) is 4. The molecule has 254 valence electrons. The van der Waals surface area contributed by atoms with Gasteiger partial charge in [0.15, 0.2) is 11.2 Å². The average molecular weight is 694 g/mol. The summed E-state index contributed by atoms with van der Waals surface area (Å²) in [6.45, 7) is 0. The molecule has 11 rings (SSSR count). The number of rotatable bonds is 6. The van der Waals surface area contributed by atoms with Crippen LogP contribution in [0.3, 0.4) is 0 Å². The average Bonchev–Trinajstić information content (AvgIpc) is 3.93. The van der Waals surface area contributed by atoms with Gasteiger partial charge in [0.2, 0.25) is 5.89 Å². The van der Waals surface area contributed by atoms with Crippen molar-refractivity contribution in [1.82, 2.24) is 9.55 Å². The Kier molecular flexibility index (Phi) is 6.79. The van der Waals surface area contributed by atoms with Crippen LogP contribution in [0, 0.1) is 0 Å². The molecule has 0 spiro atoms. The van der Waals surface area contributed by atoms with E-state index in [2.05, 4.69) is 161 Å². The fourth-order valence-corrected chi connectivity index (χ4v) is 7.97. The maximum Gasteiger partial charge on any atom is 0.227 e. The Morgan fingerprint density at radius 2 is 1.07 bits per heavy atom. The van der Waals surface area contributed by atoms with Crippen LogP contribution in [0.5, 0.6) is 0 Å². The van der Waals surface area contributed by atoms with E-state index in [4.69, 9.17) is 13.8 Å². The Hall–Kier alpha value is -7.37. The summed E-state index contributed by atoms with van der Waals surface area (Å²) in [7, 11) is 0. The Balaban J connectivity index is 1.16. The van der Waals surface area contributed by atoms with Crippen LogP contribution in [0.2, 0.25) is 0 Å². The monoisotopic (exact) mass is 693 g/mol. The summed E-state index contributed by atoms with van der Waals surface area (Å²) in [5.74, 6) is 0.594. The highest BCUT2D eigenvalue weighted by Gasteiger charge is 2.24. The van der Waals surface area contributed by atoms with Crippen molar-refractivity contribution in [2.45, 2.75) is 0 Å². The van der Waals surface area contributed by atoms with Crippen LogP contribution in [0.15, 0.2) is 197 Å². The van der Waals surface area contributed by atoms with Crippen molar-refractivity contribution in [3.8, 4) is 28.3 Å². The lowest BCUT2D eigenvalue weighted by Crippen LogP contribution is -2.10. The molecule has 3 aromatic heterocycles. The van der Waals surface area contributed by atoms with Gasteiger partial charge in [-0.25, -0.2) is 4.98 Å². The van der Waals surface area contributed by atoms with Crippen LogP contribution in [0.1, 0.15) is 0 Å². The number of nitrogens with zero attached hydrogens (tertiary/aromatic N) is 3. The summed E-state index contributed by atoms with van der Waals surface area (Å²) >= 11 is 0. The summed E-state index contributed by atoms with van der Waals surface area (Å²) in [6, 6.07) is 65.6. The smallest absolute Gasteiger partial charge is 0.227 e. The van der Waals surface area contributed by atoms with E-state index in [-0.39, 0.29) is 0 Å². The van der Waals surface area contributed by atoms with Crippen molar-refractivity contribution in [3.05, 3.63) is 188 Å². The van der Waals surface area contributed by atoms with Crippen molar-refractivity contribution < 1.29 is 8.83 Å². The molecule has 8 aromatic carbocycles. The van der Waals surface area contributed by atoms with Gasteiger partial charge in [0.1, 0.15) is 11.1 Å². The van der Waals surface area contributed by atoms with Gasteiger partial charge in [-0.1, -0.05) is 115 Å². The Labute approximate surface area is 310 Å². The first-order valence-corrected chi connectivity index (χ1v) is 18.1. The van der Waals surface area contributed by atoms with Gasteiger partial charge >= 0.3 is 0 Å². The third-order valence-electron chi connectivity index (χ3n) is 10.4. The fraction of sp³-hybridized carbons (Fsp3) is 0. The van der Waals surface area contributed by atoms with Gasteiger partial charge in [-0.3, -0.25) is 0 Å². The Morgan fingerprint density at radius 1 is 0.444 bits per heavy atom. The number of anilines is 3. The molecule has 0 atom stereocenters. The minimum atomic E-state index is 0.594. The zero-order valence-corrected chi connectivity index (χ0v) is 29.1. The quantitative estimate of drug-likeness (QED) is 0.174. The topological polar surface area (TPSA) is 47.3 Å². The van der Waals surface area contributed by atoms with Gasteiger partial charge in [-0.05, 0) is 77.9 Å². The van der Waals surface area contributed by atoms with Crippen LogP contribution >= 0.6 is 0 Å². The number of fused-ring (bicyclic) bond motifs is 7. The van der Waals surface area contributed by atoms with Crippen molar-refractivity contribution in [1.29, 1.82) is 0 Å². The summed E-state index contributed by atoms with van der Waals surface area (Å²) in [5, 5.41) is 4.34. The van der Waals surface area contributed by atoms with Crippen LogP contribution in [-0.4, -0.2) is 9.55 Å². The lowest BCUT2D eigenvalue weighted by molar-refractivity contribution is 0.617. The highest BCUT2D eigenvalue weighted by atomic mass is 16.4. The van der Waals surface area contributed by atoms with Crippen LogP contribution in [0.25, 0.3) is 83.1 Å². The van der Waals surface area contributed by atoms with Crippen LogP contribution in [0.4, 0.5) is 17.1 Å². The molecular weight excluding hydrogens is 663 g/mol. The summed E-state index contributed by atoms with van der Waals surface area (Å²) in [6.07, 6.45) is 0. The largest absolute Gasteiger partial charge is 0.454 e. The zero-order valence-electron chi connectivity index (χ0n) is 29.1. The lowest BCUT2D eigenvalue weighted by Gasteiger charge is -2.27. The first kappa shape index (κ1) is 30.3. The lowest BCUT2D eigenvalue weighted by atomic mass is 10.0. The molecule has 54 heavy (non-hydrogen) atoms. The number of aromatic nitrogens is 2. The molecule has 0 fully saturated rings. The van der Waals surface area contributed by atoms with Gasteiger partial charge in [0.05, 0.1) is 22.4 Å². The summed E-state index contributed by atoms with van der Waals surface area (Å²) in [5.41, 5.74) is 12.7. The van der Waals surface area contributed by atoms with E-state index in [0.29, 0.717) is 11.5 Å². The maximum absolute atomic E-state index is 6.86. The minimum absolute atomic E-state index is 0.594. The number of hydrogen-bond donors (Lipinski definition) is 0. The van der Waals surface area contributed by atoms with Crippen molar-refractivity contribution in [3.63, 3.8) is 0 Å². The fourth-order valence-electron chi connectivity index (χ4n) is 7.97. The third kappa shape index (κ3) is 4.76. The molecule has 0 aliphatic heterocycles. The van der Waals surface area contributed by atoms with Crippen molar-refractivity contribution in [2.24, 2.45) is 0 Å². The second kappa shape index (κ2) is 12.1. The van der Waals surface area contributed by atoms with Gasteiger partial charge in [0, 0.05) is 44.5 Å². The molecule has 5 nitrogen and oxygen atoms in total.